The highest BCUT2D eigenvalue weighted by Crippen LogP contribution is 2.68. The number of nitrogen functional groups attached to an aromatic ring is 1. The van der Waals surface area contributed by atoms with Crippen LogP contribution in [0.5, 0.6) is 0 Å². The van der Waals surface area contributed by atoms with Gasteiger partial charge >= 0.3 is 0 Å². The van der Waals surface area contributed by atoms with E-state index in [0.717, 1.165) is 17.8 Å². The first-order valence-electron chi connectivity index (χ1n) is 14.8. The van der Waals surface area contributed by atoms with Gasteiger partial charge in [-0.25, -0.2) is 22.5 Å². The van der Waals surface area contributed by atoms with Gasteiger partial charge in [0.25, 0.3) is 18.1 Å². The van der Waals surface area contributed by atoms with Gasteiger partial charge in [0.15, 0.2) is 0 Å². The zero-order chi connectivity index (χ0) is 33.4. The van der Waals surface area contributed by atoms with Gasteiger partial charge in [0.05, 0.1) is 11.7 Å². The van der Waals surface area contributed by atoms with E-state index in [1.165, 1.54) is 10.8 Å². The standard InChI is InChI=1S/C31H27F6N9O/c1-13(2)20-4-3-15(10-39-20)23-25(43-30-40-12-41-46(30)29(23)38)21(7-14-5-16(32)8-17(33)6-14)42-22(47)11-45-27-24(26(44-45)28(34)35)18-9-19(18)31(27,36)37/h3-6,8,10,12-13,18-19,21,28H,7,9,11,38H2,1-2H3,(H,42,47)/t18-,19+,21?/m0/s1. The molecule has 0 aliphatic heterocycles. The molecule has 7 rings (SSSR count). The Bertz CT molecular complexity index is 2000. The lowest BCUT2D eigenvalue weighted by atomic mass is 9.95. The summed E-state index contributed by atoms with van der Waals surface area (Å²) in [4.78, 5) is 26.8. The number of rotatable bonds is 9. The molecule has 1 fully saturated rings. The lowest BCUT2D eigenvalue weighted by molar-refractivity contribution is -0.123. The van der Waals surface area contributed by atoms with Crippen LogP contribution in [0, 0.1) is 17.6 Å². The van der Waals surface area contributed by atoms with Gasteiger partial charge in [-0.2, -0.15) is 28.5 Å². The molecule has 5 aromatic rings. The van der Waals surface area contributed by atoms with E-state index in [1.807, 2.05) is 13.8 Å². The maximum absolute atomic E-state index is 15.2. The summed E-state index contributed by atoms with van der Waals surface area (Å²) >= 11 is 0. The summed E-state index contributed by atoms with van der Waals surface area (Å²) in [6, 6.07) is 5.18. The molecule has 244 valence electrons. The Kier molecular flexibility index (Phi) is 7.20. The number of carbonyl (C=O) groups is 1. The van der Waals surface area contributed by atoms with Crippen molar-refractivity contribution in [2.24, 2.45) is 5.92 Å². The Morgan fingerprint density at radius 2 is 1.85 bits per heavy atom. The molecule has 0 bridgehead atoms. The second-order valence-corrected chi connectivity index (χ2v) is 12.1. The smallest absolute Gasteiger partial charge is 0.293 e. The van der Waals surface area contributed by atoms with Crippen LogP contribution in [0.3, 0.4) is 0 Å². The summed E-state index contributed by atoms with van der Waals surface area (Å²) < 4.78 is 88.5. The molecule has 3 N–H and O–H groups in total. The molecule has 4 heterocycles. The first-order valence-corrected chi connectivity index (χ1v) is 14.8. The largest absolute Gasteiger partial charge is 0.383 e. The minimum Gasteiger partial charge on any atom is -0.383 e. The van der Waals surface area contributed by atoms with Crippen molar-refractivity contribution in [1.29, 1.82) is 0 Å². The van der Waals surface area contributed by atoms with Gasteiger partial charge in [-0.15, -0.1) is 0 Å². The van der Waals surface area contributed by atoms with E-state index >= 15 is 8.78 Å². The predicted molar refractivity (Wildman–Crippen MR) is 155 cm³/mol. The molecule has 0 saturated heterocycles. The van der Waals surface area contributed by atoms with E-state index in [2.05, 4.69) is 30.5 Å². The summed E-state index contributed by atoms with van der Waals surface area (Å²) in [6.45, 7) is 3.10. The molecular formula is C31H27F6N9O. The quantitative estimate of drug-likeness (QED) is 0.198. The number of hydrogen-bond acceptors (Lipinski definition) is 7. The van der Waals surface area contributed by atoms with Crippen LogP contribution in [-0.2, 0) is 23.7 Å². The third-order valence-corrected chi connectivity index (χ3v) is 8.65. The summed E-state index contributed by atoms with van der Waals surface area (Å²) in [7, 11) is 0. The lowest BCUT2D eigenvalue weighted by Crippen LogP contribution is -2.35. The van der Waals surface area contributed by atoms with Gasteiger partial charge < -0.3 is 11.1 Å². The van der Waals surface area contributed by atoms with Crippen LogP contribution in [-0.4, -0.2) is 40.3 Å². The average Bonchev–Trinajstić information content (AvgIpc) is 3.39. The van der Waals surface area contributed by atoms with Crippen molar-refractivity contribution >= 4 is 17.5 Å². The summed E-state index contributed by atoms with van der Waals surface area (Å²) in [5.41, 5.74) is 6.66. The number of benzene rings is 1. The number of pyridine rings is 1. The summed E-state index contributed by atoms with van der Waals surface area (Å²) in [6.07, 6.45) is -0.508. The van der Waals surface area contributed by atoms with Crippen molar-refractivity contribution in [3.05, 3.63) is 88.4 Å². The molecule has 0 spiro atoms. The van der Waals surface area contributed by atoms with Gasteiger partial charge in [0.1, 0.15) is 41.7 Å². The number of aromatic nitrogens is 7. The van der Waals surface area contributed by atoms with Gasteiger partial charge in [-0.05, 0) is 48.4 Å². The molecule has 16 heteroatoms. The number of fused-ring (bicyclic) bond motifs is 4. The minimum absolute atomic E-state index is 0.0445. The van der Waals surface area contributed by atoms with Gasteiger partial charge in [0.2, 0.25) is 5.91 Å². The first kappa shape index (κ1) is 30.6. The fourth-order valence-electron chi connectivity index (χ4n) is 6.46. The van der Waals surface area contributed by atoms with E-state index in [9.17, 15) is 22.4 Å². The third-order valence-electron chi connectivity index (χ3n) is 8.65. The fourth-order valence-corrected chi connectivity index (χ4v) is 6.46. The van der Waals surface area contributed by atoms with Crippen molar-refractivity contribution < 1.29 is 31.1 Å². The average molecular weight is 656 g/mol. The Balaban J connectivity index is 1.31. The highest BCUT2D eigenvalue weighted by atomic mass is 19.3. The van der Waals surface area contributed by atoms with Gasteiger partial charge in [-0.1, -0.05) is 19.9 Å². The molecule has 2 aliphatic rings. The molecule has 0 radical (unpaired) electrons. The number of amides is 1. The molecule has 10 nitrogen and oxygen atoms in total. The fraction of sp³-hybridized carbons (Fsp3) is 0.355. The van der Waals surface area contributed by atoms with E-state index in [4.69, 9.17) is 5.73 Å². The number of carbonyl (C=O) groups excluding carboxylic acids is 1. The van der Waals surface area contributed by atoms with Crippen molar-refractivity contribution in [3.63, 3.8) is 0 Å². The minimum atomic E-state index is -3.43. The van der Waals surface area contributed by atoms with Crippen molar-refractivity contribution in [2.45, 2.75) is 63.5 Å². The molecule has 1 unspecified atom stereocenters. The van der Waals surface area contributed by atoms with E-state index in [0.29, 0.717) is 16.3 Å². The Hall–Kier alpha value is -5.02. The molecule has 2 aliphatic carbocycles. The Morgan fingerprint density at radius 3 is 2.51 bits per heavy atom. The molecule has 3 atom stereocenters. The van der Waals surface area contributed by atoms with Crippen molar-refractivity contribution in [1.82, 2.24) is 39.7 Å². The molecule has 4 aromatic heterocycles. The third kappa shape index (κ3) is 5.24. The second kappa shape index (κ2) is 11.1. The van der Waals surface area contributed by atoms with E-state index < -0.39 is 65.7 Å². The van der Waals surface area contributed by atoms with Crippen LogP contribution in [0.1, 0.15) is 78.5 Å². The van der Waals surface area contributed by atoms with Crippen LogP contribution in [0.25, 0.3) is 16.9 Å². The van der Waals surface area contributed by atoms with Gasteiger partial charge in [0, 0.05) is 40.6 Å². The Labute approximate surface area is 263 Å². The van der Waals surface area contributed by atoms with Gasteiger partial charge in [-0.3, -0.25) is 14.5 Å². The maximum atomic E-state index is 15.2. The lowest BCUT2D eigenvalue weighted by Gasteiger charge is -2.23. The number of nitrogens with one attached hydrogen (secondary N) is 1. The number of nitrogens with two attached hydrogens (primary N) is 1. The predicted octanol–water partition coefficient (Wildman–Crippen LogP) is 5.61. The van der Waals surface area contributed by atoms with Crippen LogP contribution in [0.15, 0.2) is 42.9 Å². The topological polar surface area (TPSA) is 129 Å². The Morgan fingerprint density at radius 1 is 1.11 bits per heavy atom. The number of alkyl halides is 4. The molecule has 1 amide bonds. The highest BCUT2D eigenvalue weighted by Gasteiger charge is 2.67. The number of anilines is 1. The van der Waals surface area contributed by atoms with Crippen molar-refractivity contribution in [2.75, 3.05) is 5.73 Å². The molecule has 1 aromatic carbocycles. The first-order chi connectivity index (χ1) is 22.3. The van der Waals surface area contributed by atoms with E-state index in [-0.39, 0.29) is 52.7 Å². The normalized spacial score (nSPS) is 18.5. The zero-order valence-electron chi connectivity index (χ0n) is 24.9. The van der Waals surface area contributed by atoms with Crippen LogP contribution < -0.4 is 11.1 Å². The number of halogens is 6. The zero-order valence-corrected chi connectivity index (χ0v) is 24.9. The van der Waals surface area contributed by atoms with Crippen LogP contribution in [0.4, 0.5) is 32.2 Å². The monoisotopic (exact) mass is 655 g/mol. The maximum Gasteiger partial charge on any atom is 0.293 e. The molecule has 47 heavy (non-hydrogen) atoms. The van der Waals surface area contributed by atoms with Crippen molar-refractivity contribution in [3.8, 4) is 11.1 Å². The second-order valence-electron chi connectivity index (χ2n) is 12.1. The van der Waals surface area contributed by atoms with Crippen LogP contribution in [0.2, 0.25) is 0 Å². The SMILES string of the molecule is CC(C)c1ccc(-c2c(C(Cc3cc(F)cc(F)c3)NC(=O)Cn3nc(C(F)F)c4c3C(F)(F)[C@@H]3C[C@H]43)nc3ncnn3c2N)cn1. The van der Waals surface area contributed by atoms with E-state index in [1.54, 1.807) is 18.3 Å². The highest BCUT2D eigenvalue weighted by molar-refractivity contribution is 5.80. The number of nitrogens with zero attached hydrogens (tertiary/aromatic N) is 7. The molecule has 1 saturated carbocycles. The summed E-state index contributed by atoms with van der Waals surface area (Å²) in [5.74, 6) is -7.70. The molecular weight excluding hydrogens is 628 g/mol. The summed E-state index contributed by atoms with van der Waals surface area (Å²) in [5, 5.41) is 10.5. The van der Waals surface area contributed by atoms with Crippen LogP contribution >= 0.6 is 0 Å². The number of hydrogen-bond donors (Lipinski definition) is 2.